The predicted octanol–water partition coefficient (Wildman–Crippen LogP) is 8.07. The van der Waals surface area contributed by atoms with Crippen LogP contribution in [0.1, 0.15) is 5.56 Å². The Balaban J connectivity index is 1.68. The molecule has 28 heavy (non-hydrogen) atoms. The zero-order valence-electron chi connectivity index (χ0n) is 15.1. The van der Waals surface area contributed by atoms with Gasteiger partial charge in [-0.3, -0.25) is 0 Å². The van der Waals surface area contributed by atoms with Crippen LogP contribution in [0.5, 0.6) is 0 Å². The summed E-state index contributed by atoms with van der Waals surface area (Å²) in [5, 5.41) is 4.61. The maximum atomic E-state index is 6.34. The predicted molar refractivity (Wildman–Crippen MR) is 124 cm³/mol. The highest BCUT2D eigenvalue weighted by Crippen LogP contribution is 2.39. The third kappa shape index (κ3) is 2.20. The van der Waals surface area contributed by atoms with Gasteiger partial charge in [0.1, 0.15) is 22.3 Å². The first-order valence-electron chi connectivity index (χ1n) is 9.23. The highest BCUT2D eigenvalue weighted by molar-refractivity contribution is 14.1. The minimum atomic E-state index is 0.916. The van der Waals surface area contributed by atoms with Gasteiger partial charge in [0.2, 0.25) is 0 Å². The van der Waals surface area contributed by atoms with E-state index in [9.17, 15) is 0 Å². The van der Waals surface area contributed by atoms with Gasteiger partial charge >= 0.3 is 0 Å². The van der Waals surface area contributed by atoms with Crippen molar-refractivity contribution in [1.82, 2.24) is 0 Å². The van der Waals surface area contributed by atoms with Crippen LogP contribution in [0.3, 0.4) is 0 Å². The number of fused-ring (bicyclic) bond motifs is 6. The first-order valence-corrected chi connectivity index (χ1v) is 10.3. The minimum Gasteiger partial charge on any atom is -0.456 e. The van der Waals surface area contributed by atoms with Gasteiger partial charge in [0, 0.05) is 27.1 Å². The highest BCUT2D eigenvalue weighted by Gasteiger charge is 2.15. The number of rotatable bonds is 1. The maximum Gasteiger partial charge on any atom is 0.148 e. The van der Waals surface area contributed by atoms with Crippen LogP contribution in [0.2, 0.25) is 0 Å². The molecule has 0 bridgehead atoms. The average Bonchev–Trinajstić information content (AvgIpc) is 3.28. The van der Waals surface area contributed by atoms with Crippen LogP contribution in [-0.2, 0) is 0 Å². The second-order valence-corrected chi connectivity index (χ2v) is 8.33. The molecule has 0 saturated heterocycles. The molecule has 0 amide bonds. The van der Waals surface area contributed by atoms with Crippen LogP contribution in [0.25, 0.3) is 55.0 Å². The van der Waals surface area contributed by atoms with Crippen LogP contribution < -0.4 is 0 Å². The van der Waals surface area contributed by atoms with Crippen molar-refractivity contribution < 1.29 is 8.83 Å². The quantitative estimate of drug-likeness (QED) is 0.225. The molecule has 0 radical (unpaired) electrons. The summed E-state index contributed by atoms with van der Waals surface area (Å²) < 4.78 is 13.6. The Kier molecular flexibility index (Phi) is 3.38. The maximum absolute atomic E-state index is 6.34. The minimum absolute atomic E-state index is 0.916. The molecule has 2 heterocycles. The summed E-state index contributed by atoms with van der Waals surface area (Å²) in [5.41, 5.74) is 7.17. The lowest BCUT2D eigenvalue weighted by molar-refractivity contribution is 0.665. The van der Waals surface area contributed by atoms with Crippen molar-refractivity contribution in [2.75, 3.05) is 0 Å². The number of halogens is 1. The fraction of sp³-hybridized carbons (Fsp3) is 0.0400. The van der Waals surface area contributed by atoms with E-state index in [0.717, 1.165) is 64.1 Å². The molecular formula is C25H15IO2. The molecule has 2 aromatic heterocycles. The van der Waals surface area contributed by atoms with Gasteiger partial charge in [0.15, 0.2) is 0 Å². The summed E-state index contributed by atoms with van der Waals surface area (Å²) in [7, 11) is 0. The number of hydrogen-bond acceptors (Lipinski definition) is 2. The van der Waals surface area contributed by atoms with Crippen molar-refractivity contribution >= 4 is 66.5 Å². The molecular weight excluding hydrogens is 459 g/mol. The molecule has 4 aromatic carbocycles. The van der Waals surface area contributed by atoms with E-state index in [1.807, 2.05) is 0 Å². The zero-order chi connectivity index (χ0) is 18.8. The van der Waals surface area contributed by atoms with Crippen molar-refractivity contribution in [2.45, 2.75) is 6.92 Å². The van der Waals surface area contributed by atoms with E-state index in [1.165, 1.54) is 0 Å². The van der Waals surface area contributed by atoms with E-state index >= 15 is 0 Å². The standard InChI is InChI=1S/C25H15IO2/c1-14-5-2-7-19-20-13-15(11-12-22(20)27-23(14)19)16-6-3-8-17-18-9-4-10-21(26)25(18)28-24(16)17/h2-13H,1H3. The van der Waals surface area contributed by atoms with Crippen molar-refractivity contribution in [3.63, 3.8) is 0 Å². The van der Waals surface area contributed by atoms with Gasteiger partial charge in [-0.05, 0) is 58.8 Å². The van der Waals surface area contributed by atoms with E-state index in [-0.39, 0.29) is 0 Å². The molecule has 3 heteroatoms. The fourth-order valence-corrected chi connectivity index (χ4v) is 4.73. The summed E-state index contributed by atoms with van der Waals surface area (Å²) in [6, 6.07) is 25.4. The summed E-state index contributed by atoms with van der Waals surface area (Å²) in [6.07, 6.45) is 0. The third-order valence-electron chi connectivity index (χ3n) is 5.48. The molecule has 0 fully saturated rings. The van der Waals surface area contributed by atoms with Crippen molar-refractivity contribution in [3.8, 4) is 11.1 Å². The Morgan fingerprint density at radius 2 is 1.36 bits per heavy atom. The van der Waals surface area contributed by atoms with Gasteiger partial charge < -0.3 is 8.83 Å². The number of furan rings is 2. The van der Waals surface area contributed by atoms with Crippen molar-refractivity contribution in [2.24, 2.45) is 0 Å². The Labute approximate surface area is 174 Å². The van der Waals surface area contributed by atoms with Gasteiger partial charge in [-0.15, -0.1) is 0 Å². The molecule has 6 rings (SSSR count). The molecule has 2 nitrogen and oxygen atoms in total. The Morgan fingerprint density at radius 3 is 2.21 bits per heavy atom. The second kappa shape index (κ2) is 5.85. The molecule has 0 spiro atoms. The van der Waals surface area contributed by atoms with Gasteiger partial charge in [0.25, 0.3) is 0 Å². The SMILES string of the molecule is Cc1cccc2c1oc1ccc(-c3cccc4c3oc3c(I)cccc34)cc12. The van der Waals surface area contributed by atoms with Crippen molar-refractivity contribution in [1.29, 1.82) is 0 Å². The summed E-state index contributed by atoms with van der Waals surface area (Å²) in [5.74, 6) is 0. The average molecular weight is 474 g/mol. The van der Waals surface area contributed by atoms with Crippen LogP contribution >= 0.6 is 22.6 Å². The number of benzene rings is 4. The van der Waals surface area contributed by atoms with E-state index < -0.39 is 0 Å². The Morgan fingerprint density at radius 1 is 0.643 bits per heavy atom. The van der Waals surface area contributed by atoms with E-state index in [1.54, 1.807) is 0 Å². The Bertz CT molecular complexity index is 1530. The van der Waals surface area contributed by atoms with E-state index in [4.69, 9.17) is 8.83 Å². The topological polar surface area (TPSA) is 26.3 Å². The lowest BCUT2D eigenvalue weighted by Gasteiger charge is -2.03. The van der Waals surface area contributed by atoms with Gasteiger partial charge in [-0.2, -0.15) is 0 Å². The lowest BCUT2D eigenvalue weighted by Crippen LogP contribution is -1.79. The van der Waals surface area contributed by atoms with Gasteiger partial charge in [-0.25, -0.2) is 0 Å². The van der Waals surface area contributed by atoms with Crippen LogP contribution in [0.15, 0.2) is 81.6 Å². The van der Waals surface area contributed by atoms with Gasteiger partial charge in [0.05, 0.1) is 3.57 Å². The molecule has 6 aromatic rings. The number of hydrogen-bond donors (Lipinski definition) is 0. The van der Waals surface area contributed by atoms with E-state index in [2.05, 4.69) is 102 Å². The molecule has 0 aliphatic rings. The lowest BCUT2D eigenvalue weighted by atomic mass is 10.00. The zero-order valence-corrected chi connectivity index (χ0v) is 17.3. The summed E-state index contributed by atoms with van der Waals surface area (Å²) in [6.45, 7) is 2.09. The molecule has 0 saturated carbocycles. The molecule has 0 N–H and O–H groups in total. The third-order valence-corrected chi connectivity index (χ3v) is 6.33. The summed E-state index contributed by atoms with van der Waals surface area (Å²) >= 11 is 2.34. The number of para-hydroxylation sites is 3. The van der Waals surface area contributed by atoms with Crippen LogP contribution in [0.4, 0.5) is 0 Å². The Hall–Kier alpha value is -2.79. The molecule has 0 atom stereocenters. The molecule has 134 valence electrons. The largest absolute Gasteiger partial charge is 0.456 e. The summed E-state index contributed by atoms with van der Waals surface area (Å²) in [4.78, 5) is 0. The molecule has 0 aliphatic carbocycles. The first kappa shape index (κ1) is 16.2. The van der Waals surface area contributed by atoms with Crippen molar-refractivity contribution in [3.05, 3.63) is 81.9 Å². The first-order chi connectivity index (χ1) is 13.7. The molecule has 0 aliphatic heterocycles. The second-order valence-electron chi connectivity index (χ2n) is 7.17. The van der Waals surface area contributed by atoms with Gasteiger partial charge in [-0.1, -0.05) is 54.6 Å². The normalized spacial score (nSPS) is 11.9. The highest BCUT2D eigenvalue weighted by atomic mass is 127. The van der Waals surface area contributed by atoms with E-state index in [0.29, 0.717) is 0 Å². The monoisotopic (exact) mass is 474 g/mol. The number of aryl methyl sites for hydroxylation is 1. The van der Waals surface area contributed by atoms with Crippen LogP contribution in [0, 0.1) is 10.5 Å². The molecule has 0 unspecified atom stereocenters. The fourth-order valence-electron chi connectivity index (χ4n) is 4.12. The smallest absolute Gasteiger partial charge is 0.148 e. The van der Waals surface area contributed by atoms with Crippen LogP contribution in [-0.4, -0.2) is 0 Å².